The molecule has 0 atom stereocenters. The van der Waals surface area contributed by atoms with Crippen molar-refractivity contribution in [2.45, 2.75) is 31.9 Å². The number of anilines is 2. The standard InChI is InChI=1S/C11H16BrN3O/c1-2-16-9-4-8(5-9)15-11-10(13)3-7(12)6-14-11/h3,6,8-9H,2,4-5,13H2,1H3,(H,14,15). The van der Waals surface area contributed by atoms with E-state index in [2.05, 4.69) is 26.2 Å². The molecule has 0 unspecified atom stereocenters. The summed E-state index contributed by atoms with van der Waals surface area (Å²) in [5.41, 5.74) is 6.53. The average Bonchev–Trinajstić information content (AvgIpc) is 2.18. The molecule has 1 heterocycles. The molecule has 1 saturated carbocycles. The fourth-order valence-corrected chi connectivity index (χ4v) is 2.17. The second-order valence-corrected chi connectivity index (χ2v) is 4.90. The lowest BCUT2D eigenvalue weighted by molar-refractivity contribution is 0.00294. The van der Waals surface area contributed by atoms with Gasteiger partial charge in [0.25, 0.3) is 0 Å². The number of nitrogens with one attached hydrogen (secondary N) is 1. The van der Waals surface area contributed by atoms with E-state index in [-0.39, 0.29) is 0 Å². The van der Waals surface area contributed by atoms with E-state index in [0.717, 1.165) is 29.7 Å². The molecule has 5 heteroatoms. The number of hydrogen-bond acceptors (Lipinski definition) is 4. The van der Waals surface area contributed by atoms with Crippen LogP contribution in [-0.2, 0) is 4.74 Å². The zero-order valence-electron chi connectivity index (χ0n) is 9.24. The lowest BCUT2D eigenvalue weighted by atomic mass is 9.89. The Hall–Kier alpha value is -0.810. The van der Waals surface area contributed by atoms with Crippen LogP contribution < -0.4 is 11.1 Å². The van der Waals surface area contributed by atoms with Gasteiger partial charge in [-0.15, -0.1) is 0 Å². The molecule has 0 aromatic carbocycles. The fraction of sp³-hybridized carbons (Fsp3) is 0.545. The molecule has 3 N–H and O–H groups in total. The van der Waals surface area contributed by atoms with E-state index in [1.54, 1.807) is 6.20 Å². The third kappa shape index (κ3) is 2.65. The molecule has 0 amide bonds. The average molecular weight is 286 g/mol. The maximum Gasteiger partial charge on any atom is 0.149 e. The van der Waals surface area contributed by atoms with Gasteiger partial charge in [0.15, 0.2) is 0 Å². The molecule has 16 heavy (non-hydrogen) atoms. The van der Waals surface area contributed by atoms with Gasteiger partial charge in [0.2, 0.25) is 0 Å². The van der Waals surface area contributed by atoms with Gasteiger partial charge in [0.05, 0.1) is 11.8 Å². The summed E-state index contributed by atoms with van der Waals surface area (Å²) < 4.78 is 6.40. The summed E-state index contributed by atoms with van der Waals surface area (Å²) in [6, 6.07) is 2.29. The van der Waals surface area contributed by atoms with Gasteiger partial charge in [-0.1, -0.05) is 0 Å². The summed E-state index contributed by atoms with van der Waals surface area (Å²) in [5, 5.41) is 3.33. The third-order valence-electron chi connectivity index (χ3n) is 2.72. The van der Waals surface area contributed by atoms with Crippen LogP contribution in [0.2, 0.25) is 0 Å². The van der Waals surface area contributed by atoms with Crippen LogP contribution in [0.25, 0.3) is 0 Å². The maximum absolute atomic E-state index is 5.86. The molecule has 88 valence electrons. The van der Waals surface area contributed by atoms with Gasteiger partial charge >= 0.3 is 0 Å². The van der Waals surface area contributed by atoms with Crippen LogP contribution in [0.5, 0.6) is 0 Å². The van der Waals surface area contributed by atoms with E-state index in [4.69, 9.17) is 10.5 Å². The van der Waals surface area contributed by atoms with Crippen molar-refractivity contribution in [3.05, 3.63) is 16.7 Å². The maximum atomic E-state index is 5.86. The minimum Gasteiger partial charge on any atom is -0.396 e. The van der Waals surface area contributed by atoms with E-state index >= 15 is 0 Å². The van der Waals surface area contributed by atoms with Crippen LogP contribution in [-0.4, -0.2) is 23.7 Å². The predicted molar refractivity (Wildman–Crippen MR) is 68.4 cm³/mol. The Morgan fingerprint density at radius 1 is 1.62 bits per heavy atom. The summed E-state index contributed by atoms with van der Waals surface area (Å²) >= 11 is 3.33. The normalized spacial score (nSPS) is 23.9. The number of halogens is 1. The molecular weight excluding hydrogens is 270 g/mol. The number of rotatable bonds is 4. The SMILES string of the molecule is CCOC1CC(Nc2ncc(Br)cc2N)C1. The van der Waals surface area contributed by atoms with Crippen molar-refractivity contribution >= 4 is 27.4 Å². The minimum atomic E-state index is 0.402. The number of nitrogen functional groups attached to an aromatic ring is 1. The highest BCUT2D eigenvalue weighted by atomic mass is 79.9. The number of nitrogens with zero attached hydrogens (tertiary/aromatic N) is 1. The minimum absolute atomic E-state index is 0.402. The Bertz CT molecular complexity index is 366. The Morgan fingerprint density at radius 2 is 2.38 bits per heavy atom. The monoisotopic (exact) mass is 285 g/mol. The van der Waals surface area contributed by atoms with Crippen molar-refractivity contribution in [2.24, 2.45) is 0 Å². The van der Waals surface area contributed by atoms with Gasteiger partial charge in [-0.25, -0.2) is 4.98 Å². The zero-order valence-corrected chi connectivity index (χ0v) is 10.8. The van der Waals surface area contributed by atoms with E-state index in [1.807, 2.05) is 13.0 Å². The largest absolute Gasteiger partial charge is 0.396 e. The van der Waals surface area contributed by atoms with Gasteiger partial charge in [0.1, 0.15) is 5.82 Å². The van der Waals surface area contributed by atoms with Gasteiger partial charge in [0, 0.05) is 23.3 Å². The second kappa shape index (κ2) is 5.01. The number of ether oxygens (including phenoxy) is 1. The van der Waals surface area contributed by atoms with Crippen LogP contribution in [0.1, 0.15) is 19.8 Å². The van der Waals surface area contributed by atoms with Crippen molar-refractivity contribution < 1.29 is 4.74 Å². The van der Waals surface area contributed by atoms with Crippen LogP contribution in [0.3, 0.4) is 0 Å². The molecule has 1 aromatic heterocycles. The van der Waals surface area contributed by atoms with Gasteiger partial charge in [-0.2, -0.15) is 0 Å². The molecule has 4 nitrogen and oxygen atoms in total. The summed E-state index contributed by atoms with van der Waals surface area (Å²) in [7, 11) is 0. The zero-order chi connectivity index (χ0) is 11.5. The first kappa shape index (κ1) is 11.7. The molecule has 2 rings (SSSR count). The molecule has 0 spiro atoms. The fourth-order valence-electron chi connectivity index (χ4n) is 1.82. The van der Waals surface area contributed by atoms with Crippen LogP contribution in [0.15, 0.2) is 16.7 Å². The van der Waals surface area contributed by atoms with E-state index in [9.17, 15) is 0 Å². The lowest BCUT2D eigenvalue weighted by Gasteiger charge is -2.35. The van der Waals surface area contributed by atoms with E-state index in [1.165, 1.54) is 0 Å². The summed E-state index contributed by atoms with van der Waals surface area (Å²) in [6.45, 7) is 2.81. The molecule has 0 saturated heterocycles. The summed E-state index contributed by atoms with van der Waals surface area (Å²) in [4.78, 5) is 4.25. The van der Waals surface area contributed by atoms with E-state index < -0.39 is 0 Å². The van der Waals surface area contributed by atoms with Crippen molar-refractivity contribution in [1.29, 1.82) is 0 Å². The van der Waals surface area contributed by atoms with Crippen molar-refractivity contribution in [1.82, 2.24) is 4.98 Å². The quantitative estimate of drug-likeness (QED) is 0.892. The lowest BCUT2D eigenvalue weighted by Crippen LogP contribution is -2.41. The Kier molecular flexibility index (Phi) is 3.66. The van der Waals surface area contributed by atoms with Gasteiger partial charge in [-0.3, -0.25) is 0 Å². The van der Waals surface area contributed by atoms with Gasteiger partial charge < -0.3 is 15.8 Å². The summed E-state index contributed by atoms with van der Waals surface area (Å²) in [5.74, 6) is 0.767. The molecule has 1 aliphatic rings. The number of aromatic nitrogens is 1. The Balaban J connectivity index is 1.87. The molecule has 0 bridgehead atoms. The van der Waals surface area contributed by atoms with Crippen molar-refractivity contribution in [2.75, 3.05) is 17.7 Å². The molecule has 1 aliphatic carbocycles. The first-order chi connectivity index (χ1) is 7.69. The number of hydrogen-bond donors (Lipinski definition) is 2. The predicted octanol–water partition coefficient (Wildman–Crippen LogP) is 2.41. The molecule has 1 fully saturated rings. The van der Waals surface area contributed by atoms with Crippen molar-refractivity contribution in [3.8, 4) is 0 Å². The van der Waals surface area contributed by atoms with E-state index in [0.29, 0.717) is 17.8 Å². The highest BCUT2D eigenvalue weighted by molar-refractivity contribution is 9.10. The highest BCUT2D eigenvalue weighted by Crippen LogP contribution is 2.28. The first-order valence-corrected chi connectivity index (χ1v) is 6.27. The van der Waals surface area contributed by atoms with Crippen LogP contribution >= 0.6 is 15.9 Å². The van der Waals surface area contributed by atoms with Gasteiger partial charge in [-0.05, 0) is 41.8 Å². The molecule has 1 aromatic rings. The third-order valence-corrected chi connectivity index (χ3v) is 3.16. The second-order valence-electron chi connectivity index (χ2n) is 3.98. The first-order valence-electron chi connectivity index (χ1n) is 5.48. The molecule has 0 aliphatic heterocycles. The molecule has 0 radical (unpaired) electrons. The summed E-state index contributed by atoms with van der Waals surface area (Å²) in [6.07, 6.45) is 4.21. The number of pyridine rings is 1. The number of nitrogens with two attached hydrogens (primary N) is 1. The topological polar surface area (TPSA) is 60.2 Å². The van der Waals surface area contributed by atoms with Crippen molar-refractivity contribution in [3.63, 3.8) is 0 Å². The Labute approximate surface area is 104 Å². The Morgan fingerprint density at radius 3 is 3.00 bits per heavy atom. The molecular formula is C11H16BrN3O. The smallest absolute Gasteiger partial charge is 0.149 e. The van der Waals surface area contributed by atoms with Crippen LogP contribution in [0, 0.1) is 0 Å². The van der Waals surface area contributed by atoms with Crippen LogP contribution in [0.4, 0.5) is 11.5 Å². The highest BCUT2D eigenvalue weighted by Gasteiger charge is 2.29.